The summed E-state index contributed by atoms with van der Waals surface area (Å²) < 4.78 is 22.0. The van der Waals surface area contributed by atoms with Crippen molar-refractivity contribution >= 4 is 29.1 Å². The number of hydrogen-bond acceptors (Lipinski definition) is 6. The molecule has 0 bridgehead atoms. The quantitative estimate of drug-likeness (QED) is 0.478. The van der Waals surface area contributed by atoms with E-state index in [2.05, 4.69) is 15.6 Å². The summed E-state index contributed by atoms with van der Waals surface area (Å²) in [6.07, 6.45) is -0.272. The lowest BCUT2D eigenvalue weighted by atomic mass is 10.2. The van der Waals surface area contributed by atoms with Crippen molar-refractivity contribution in [2.45, 2.75) is 39.5 Å². The van der Waals surface area contributed by atoms with E-state index < -0.39 is 17.2 Å². The van der Waals surface area contributed by atoms with Crippen molar-refractivity contribution in [2.24, 2.45) is 0 Å². The minimum atomic E-state index is -0.830. The van der Waals surface area contributed by atoms with Gasteiger partial charge in [0.15, 0.2) is 11.6 Å². The third-order valence-electron chi connectivity index (χ3n) is 4.80. The minimum absolute atomic E-state index is 0.0582. The van der Waals surface area contributed by atoms with Crippen LogP contribution in [-0.4, -0.2) is 33.2 Å². The maximum atomic E-state index is 14.5. The summed E-state index contributed by atoms with van der Waals surface area (Å²) in [5.74, 6) is -0.920. The Morgan fingerprint density at radius 2 is 1.85 bits per heavy atom. The Balaban J connectivity index is 2.01. The van der Waals surface area contributed by atoms with E-state index in [1.54, 1.807) is 44.2 Å². The standard InChI is InChI=1S/C23H25ClFN5O4/c1-14(2)34-19-9-8-17(12-18(19)25)27-21-28-22(32)29(11-10-20(31)26-3)23(33)30(21)13-15-4-6-16(24)7-5-15/h4-9,12,14H,10-11,13H2,1-3H3,(H,26,31)(H,27,28,32). The number of nitrogens with one attached hydrogen (secondary N) is 2. The Morgan fingerprint density at radius 1 is 1.15 bits per heavy atom. The van der Waals surface area contributed by atoms with Crippen LogP contribution in [0.2, 0.25) is 5.02 Å². The second kappa shape index (κ2) is 11.0. The van der Waals surface area contributed by atoms with Crippen molar-refractivity contribution in [3.63, 3.8) is 0 Å². The molecule has 0 radical (unpaired) electrons. The molecule has 0 saturated heterocycles. The van der Waals surface area contributed by atoms with E-state index in [-0.39, 0.29) is 48.9 Å². The zero-order valence-corrected chi connectivity index (χ0v) is 19.7. The summed E-state index contributed by atoms with van der Waals surface area (Å²) in [7, 11) is 1.46. The Bertz CT molecular complexity index is 1290. The van der Waals surface area contributed by atoms with Gasteiger partial charge in [-0.15, -0.1) is 0 Å². The molecule has 0 fully saturated rings. The summed E-state index contributed by atoms with van der Waals surface area (Å²) in [4.78, 5) is 41.4. The summed E-state index contributed by atoms with van der Waals surface area (Å²) in [6, 6.07) is 11.0. The molecule has 34 heavy (non-hydrogen) atoms. The van der Waals surface area contributed by atoms with Crippen LogP contribution in [0.25, 0.3) is 0 Å². The molecule has 1 heterocycles. The van der Waals surface area contributed by atoms with Crippen LogP contribution in [0.5, 0.6) is 5.75 Å². The maximum Gasteiger partial charge on any atom is 0.354 e. The van der Waals surface area contributed by atoms with Gasteiger partial charge in [-0.3, -0.25) is 9.36 Å². The van der Waals surface area contributed by atoms with Gasteiger partial charge in [0.1, 0.15) is 0 Å². The summed E-state index contributed by atoms with van der Waals surface area (Å²) in [6.45, 7) is 3.48. The molecule has 3 aromatic rings. The average molecular weight is 490 g/mol. The predicted molar refractivity (Wildman–Crippen MR) is 127 cm³/mol. The molecule has 0 aliphatic rings. The molecule has 1 amide bonds. The fourth-order valence-corrected chi connectivity index (χ4v) is 3.25. The maximum absolute atomic E-state index is 14.5. The van der Waals surface area contributed by atoms with E-state index in [4.69, 9.17) is 16.3 Å². The topological polar surface area (TPSA) is 107 Å². The lowest BCUT2D eigenvalue weighted by Gasteiger charge is -2.16. The van der Waals surface area contributed by atoms with Crippen molar-refractivity contribution < 1.29 is 13.9 Å². The minimum Gasteiger partial charge on any atom is -0.488 e. The molecule has 0 atom stereocenters. The van der Waals surface area contributed by atoms with Crippen LogP contribution in [0.15, 0.2) is 52.1 Å². The van der Waals surface area contributed by atoms with Crippen molar-refractivity contribution in [2.75, 3.05) is 12.4 Å². The molecule has 2 aromatic carbocycles. The summed E-state index contributed by atoms with van der Waals surface area (Å²) >= 11 is 5.95. The number of aromatic nitrogens is 3. The first kappa shape index (κ1) is 25.0. The number of hydrogen-bond donors (Lipinski definition) is 2. The normalized spacial score (nSPS) is 10.9. The van der Waals surface area contributed by atoms with Crippen molar-refractivity contribution in [3.8, 4) is 5.75 Å². The van der Waals surface area contributed by atoms with Gasteiger partial charge < -0.3 is 15.4 Å². The SMILES string of the molecule is CNC(=O)CCn1c(=O)nc(Nc2ccc(OC(C)C)c(F)c2)n(Cc2ccc(Cl)cc2)c1=O. The van der Waals surface area contributed by atoms with Gasteiger partial charge in [0, 0.05) is 36.8 Å². The van der Waals surface area contributed by atoms with Gasteiger partial charge in [-0.1, -0.05) is 23.7 Å². The van der Waals surface area contributed by atoms with Gasteiger partial charge in [0.2, 0.25) is 11.9 Å². The average Bonchev–Trinajstić information content (AvgIpc) is 2.79. The molecular weight excluding hydrogens is 465 g/mol. The third-order valence-corrected chi connectivity index (χ3v) is 5.05. The molecule has 0 saturated carbocycles. The van der Waals surface area contributed by atoms with Crippen LogP contribution in [-0.2, 0) is 17.9 Å². The monoisotopic (exact) mass is 489 g/mol. The van der Waals surface area contributed by atoms with Crippen LogP contribution in [0.3, 0.4) is 0 Å². The van der Waals surface area contributed by atoms with Gasteiger partial charge in [-0.2, -0.15) is 4.98 Å². The first-order chi connectivity index (χ1) is 16.2. The molecule has 11 heteroatoms. The number of halogens is 2. The molecule has 0 unspecified atom stereocenters. The number of benzene rings is 2. The highest BCUT2D eigenvalue weighted by atomic mass is 35.5. The van der Waals surface area contributed by atoms with E-state index in [9.17, 15) is 18.8 Å². The Hall–Kier alpha value is -3.66. The highest BCUT2D eigenvalue weighted by Crippen LogP contribution is 2.24. The van der Waals surface area contributed by atoms with Crippen molar-refractivity contribution in [1.29, 1.82) is 0 Å². The number of rotatable bonds is 9. The van der Waals surface area contributed by atoms with Crippen LogP contribution < -0.4 is 26.7 Å². The van der Waals surface area contributed by atoms with E-state index in [1.807, 2.05) is 0 Å². The molecule has 9 nitrogen and oxygen atoms in total. The van der Waals surface area contributed by atoms with E-state index in [0.29, 0.717) is 5.02 Å². The molecular formula is C23H25ClFN5O4. The first-order valence-corrected chi connectivity index (χ1v) is 11.0. The van der Waals surface area contributed by atoms with Gasteiger partial charge >= 0.3 is 11.4 Å². The Kier molecular flexibility index (Phi) is 8.06. The highest BCUT2D eigenvalue weighted by molar-refractivity contribution is 6.30. The van der Waals surface area contributed by atoms with Crippen molar-refractivity contribution in [1.82, 2.24) is 19.4 Å². The van der Waals surface area contributed by atoms with Gasteiger partial charge in [0.05, 0.1) is 12.6 Å². The molecule has 3 rings (SSSR count). The Labute approximate surface area is 200 Å². The largest absolute Gasteiger partial charge is 0.488 e. The fourth-order valence-electron chi connectivity index (χ4n) is 3.13. The molecule has 1 aromatic heterocycles. The third kappa shape index (κ3) is 6.22. The first-order valence-electron chi connectivity index (χ1n) is 10.6. The fraction of sp³-hybridized carbons (Fsp3) is 0.304. The number of anilines is 2. The number of carbonyl (C=O) groups excluding carboxylic acids is 1. The van der Waals surface area contributed by atoms with Crippen LogP contribution >= 0.6 is 11.6 Å². The molecule has 0 spiro atoms. The van der Waals surface area contributed by atoms with Crippen LogP contribution in [0, 0.1) is 5.82 Å². The van der Waals surface area contributed by atoms with Crippen LogP contribution in [0.1, 0.15) is 25.8 Å². The molecule has 180 valence electrons. The van der Waals surface area contributed by atoms with Crippen LogP contribution in [0.4, 0.5) is 16.0 Å². The smallest absolute Gasteiger partial charge is 0.354 e. The van der Waals surface area contributed by atoms with Gasteiger partial charge in [-0.05, 0) is 43.7 Å². The van der Waals surface area contributed by atoms with E-state index in [1.165, 1.54) is 23.7 Å². The summed E-state index contributed by atoms with van der Waals surface area (Å²) in [5.41, 5.74) is -0.502. The van der Waals surface area contributed by atoms with Gasteiger partial charge in [-0.25, -0.2) is 18.5 Å². The zero-order chi connectivity index (χ0) is 24.8. The zero-order valence-electron chi connectivity index (χ0n) is 19.0. The highest BCUT2D eigenvalue weighted by Gasteiger charge is 2.16. The van der Waals surface area contributed by atoms with E-state index in [0.717, 1.165) is 10.1 Å². The van der Waals surface area contributed by atoms with Gasteiger partial charge in [0.25, 0.3) is 0 Å². The number of nitrogens with zero attached hydrogens (tertiary/aromatic N) is 3. The Morgan fingerprint density at radius 3 is 2.47 bits per heavy atom. The second-order valence-electron chi connectivity index (χ2n) is 7.72. The lowest BCUT2D eigenvalue weighted by Crippen LogP contribution is -2.43. The predicted octanol–water partition coefficient (Wildman–Crippen LogP) is 2.91. The van der Waals surface area contributed by atoms with E-state index >= 15 is 0 Å². The summed E-state index contributed by atoms with van der Waals surface area (Å²) in [5, 5.41) is 5.82. The molecule has 0 aliphatic carbocycles. The van der Waals surface area contributed by atoms with Crippen molar-refractivity contribution in [3.05, 3.63) is 79.8 Å². The number of amides is 1. The number of ether oxygens (including phenoxy) is 1. The molecule has 2 N–H and O–H groups in total. The molecule has 0 aliphatic heterocycles. The second-order valence-corrected chi connectivity index (χ2v) is 8.16. The lowest BCUT2D eigenvalue weighted by molar-refractivity contribution is -0.120. The number of carbonyl (C=O) groups is 1.